The van der Waals surface area contributed by atoms with Crippen LogP contribution in [0.25, 0.3) is 5.70 Å². The van der Waals surface area contributed by atoms with Crippen molar-refractivity contribution in [3.8, 4) is 0 Å². The molecule has 1 aromatic rings. The van der Waals surface area contributed by atoms with E-state index < -0.39 is 0 Å². The molecule has 1 unspecified atom stereocenters. The summed E-state index contributed by atoms with van der Waals surface area (Å²) in [6.07, 6.45) is 7.99. The molecule has 1 amide bonds. The smallest absolute Gasteiger partial charge is 0.250 e. The lowest BCUT2D eigenvalue weighted by Gasteiger charge is -2.46. The van der Waals surface area contributed by atoms with Gasteiger partial charge >= 0.3 is 0 Å². The first kappa shape index (κ1) is 12.0. The molecule has 3 aliphatic heterocycles. The van der Waals surface area contributed by atoms with Crippen LogP contribution in [0.2, 0.25) is 0 Å². The Hall–Kier alpha value is -1.77. The van der Waals surface area contributed by atoms with Gasteiger partial charge in [-0.25, -0.2) is 0 Å². The van der Waals surface area contributed by atoms with E-state index in [0.717, 1.165) is 38.0 Å². The Bertz CT molecular complexity index is 578. The second-order valence-corrected chi connectivity index (χ2v) is 5.99. The summed E-state index contributed by atoms with van der Waals surface area (Å²) >= 11 is 0. The maximum absolute atomic E-state index is 12.5. The minimum atomic E-state index is 0.208. The Labute approximate surface area is 119 Å². The fourth-order valence-electron chi connectivity index (χ4n) is 3.85. The van der Waals surface area contributed by atoms with Gasteiger partial charge in [-0.1, -0.05) is 30.7 Å². The normalized spacial score (nSPS) is 25.3. The number of fused-ring (bicyclic) bond motifs is 5. The van der Waals surface area contributed by atoms with Gasteiger partial charge in [-0.05, 0) is 31.2 Å². The molecule has 0 saturated carbocycles. The molecule has 0 radical (unpaired) electrons. The van der Waals surface area contributed by atoms with Crippen molar-refractivity contribution in [1.29, 1.82) is 0 Å². The third kappa shape index (κ3) is 1.76. The topological polar surface area (TPSA) is 23.6 Å². The summed E-state index contributed by atoms with van der Waals surface area (Å²) in [5.41, 5.74) is 3.79. The van der Waals surface area contributed by atoms with Gasteiger partial charge in [0.1, 0.15) is 6.17 Å². The van der Waals surface area contributed by atoms with E-state index in [2.05, 4.69) is 34.1 Å². The standard InChI is InChI=1S/C17H20N2O/c20-17-12-15-14-7-4-3-6-13(14)9-11-18(15)16-8-2-1-5-10-19(16)17/h3-4,6-7,12,16H,1-2,5,8-11H2. The van der Waals surface area contributed by atoms with E-state index in [1.165, 1.54) is 24.0 Å². The van der Waals surface area contributed by atoms with Crippen LogP contribution in [0, 0.1) is 0 Å². The molecule has 3 nitrogen and oxygen atoms in total. The highest BCUT2D eigenvalue weighted by atomic mass is 16.2. The van der Waals surface area contributed by atoms with Gasteiger partial charge in [0, 0.05) is 24.7 Å². The zero-order valence-electron chi connectivity index (χ0n) is 11.7. The van der Waals surface area contributed by atoms with Crippen LogP contribution < -0.4 is 0 Å². The average molecular weight is 268 g/mol. The van der Waals surface area contributed by atoms with Crippen molar-refractivity contribution < 1.29 is 4.79 Å². The molecule has 1 aromatic carbocycles. The molecular formula is C17H20N2O. The van der Waals surface area contributed by atoms with E-state index in [1.54, 1.807) is 0 Å². The summed E-state index contributed by atoms with van der Waals surface area (Å²) < 4.78 is 0. The van der Waals surface area contributed by atoms with Gasteiger partial charge in [-0.3, -0.25) is 4.79 Å². The highest BCUT2D eigenvalue weighted by molar-refractivity contribution is 5.97. The van der Waals surface area contributed by atoms with Gasteiger partial charge in [0.15, 0.2) is 0 Å². The van der Waals surface area contributed by atoms with Crippen molar-refractivity contribution >= 4 is 11.6 Å². The zero-order chi connectivity index (χ0) is 13.5. The van der Waals surface area contributed by atoms with Crippen molar-refractivity contribution in [2.24, 2.45) is 0 Å². The second kappa shape index (κ2) is 4.65. The molecule has 0 N–H and O–H groups in total. The molecule has 3 aliphatic rings. The first-order valence-electron chi connectivity index (χ1n) is 7.72. The van der Waals surface area contributed by atoms with Crippen LogP contribution in [0.5, 0.6) is 0 Å². The molecule has 104 valence electrons. The van der Waals surface area contributed by atoms with Gasteiger partial charge in [0.2, 0.25) is 5.91 Å². The molecule has 0 aromatic heterocycles. The predicted octanol–water partition coefficient (Wildman–Crippen LogP) is 2.63. The molecule has 20 heavy (non-hydrogen) atoms. The molecule has 1 atom stereocenters. The number of nitrogens with zero attached hydrogens (tertiary/aromatic N) is 2. The van der Waals surface area contributed by atoms with Crippen LogP contribution in [0.3, 0.4) is 0 Å². The Morgan fingerprint density at radius 2 is 1.90 bits per heavy atom. The van der Waals surface area contributed by atoms with Crippen molar-refractivity contribution in [3.63, 3.8) is 0 Å². The number of amides is 1. The summed E-state index contributed by atoms with van der Waals surface area (Å²) in [6.45, 7) is 1.96. The van der Waals surface area contributed by atoms with Gasteiger partial charge in [0.25, 0.3) is 0 Å². The van der Waals surface area contributed by atoms with E-state index in [1.807, 2.05) is 6.08 Å². The van der Waals surface area contributed by atoms with E-state index >= 15 is 0 Å². The molecular weight excluding hydrogens is 248 g/mol. The number of carbonyl (C=O) groups excluding carboxylic acids is 1. The van der Waals surface area contributed by atoms with Crippen LogP contribution in [0.15, 0.2) is 30.3 Å². The molecule has 0 bridgehead atoms. The molecule has 3 heteroatoms. The molecule has 1 fully saturated rings. The lowest BCUT2D eigenvalue weighted by atomic mass is 9.93. The van der Waals surface area contributed by atoms with E-state index in [0.29, 0.717) is 6.17 Å². The van der Waals surface area contributed by atoms with E-state index in [4.69, 9.17) is 0 Å². The largest absolute Gasteiger partial charge is 0.350 e. The summed E-state index contributed by atoms with van der Waals surface area (Å²) in [4.78, 5) is 17.0. The zero-order valence-corrected chi connectivity index (χ0v) is 11.7. The second-order valence-electron chi connectivity index (χ2n) is 5.99. The Morgan fingerprint density at radius 3 is 2.85 bits per heavy atom. The number of hydrogen-bond acceptors (Lipinski definition) is 2. The molecule has 0 spiro atoms. The maximum Gasteiger partial charge on any atom is 0.250 e. The van der Waals surface area contributed by atoms with Crippen molar-refractivity contribution in [2.75, 3.05) is 13.1 Å². The number of carbonyl (C=O) groups is 1. The summed E-state index contributed by atoms with van der Waals surface area (Å²) in [6, 6.07) is 8.52. The SMILES string of the molecule is O=C1C=C2c3ccccc3CCN2C2CCCCCN12. The molecule has 0 aliphatic carbocycles. The highest BCUT2D eigenvalue weighted by Crippen LogP contribution is 2.36. The Morgan fingerprint density at radius 1 is 1.00 bits per heavy atom. The summed E-state index contributed by atoms with van der Waals surface area (Å²) in [7, 11) is 0. The van der Waals surface area contributed by atoms with Gasteiger partial charge in [-0.2, -0.15) is 0 Å². The highest BCUT2D eigenvalue weighted by Gasteiger charge is 2.37. The summed E-state index contributed by atoms with van der Waals surface area (Å²) in [5.74, 6) is 0.208. The predicted molar refractivity (Wildman–Crippen MR) is 78.8 cm³/mol. The van der Waals surface area contributed by atoms with E-state index in [-0.39, 0.29) is 5.91 Å². The molecule has 4 rings (SSSR count). The van der Waals surface area contributed by atoms with Crippen LogP contribution in [0.4, 0.5) is 0 Å². The fraction of sp³-hybridized carbons (Fsp3) is 0.471. The van der Waals surface area contributed by atoms with Crippen LogP contribution in [0.1, 0.15) is 36.8 Å². The molecule has 1 saturated heterocycles. The van der Waals surface area contributed by atoms with Crippen LogP contribution >= 0.6 is 0 Å². The summed E-state index contributed by atoms with van der Waals surface area (Å²) in [5, 5.41) is 0. The van der Waals surface area contributed by atoms with Gasteiger partial charge < -0.3 is 9.80 Å². The van der Waals surface area contributed by atoms with Crippen molar-refractivity contribution in [3.05, 3.63) is 41.5 Å². The van der Waals surface area contributed by atoms with Crippen molar-refractivity contribution in [2.45, 2.75) is 38.3 Å². The Kier molecular flexibility index (Phi) is 2.79. The third-order valence-electron chi connectivity index (χ3n) is 4.85. The van der Waals surface area contributed by atoms with Crippen LogP contribution in [-0.4, -0.2) is 35.0 Å². The quantitative estimate of drug-likeness (QED) is 0.722. The first-order chi connectivity index (χ1) is 9.84. The van der Waals surface area contributed by atoms with E-state index in [9.17, 15) is 4.79 Å². The maximum atomic E-state index is 12.5. The number of hydrogen-bond donors (Lipinski definition) is 0. The minimum Gasteiger partial charge on any atom is -0.350 e. The van der Waals surface area contributed by atoms with Gasteiger partial charge in [-0.15, -0.1) is 0 Å². The van der Waals surface area contributed by atoms with Crippen LogP contribution in [-0.2, 0) is 11.2 Å². The van der Waals surface area contributed by atoms with Gasteiger partial charge in [0.05, 0.1) is 5.70 Å². The number of benzene rings is 1. The third-order valence-corrected chi connectivity index (χ3v) is 4.85. The first-order valence-corrected chi connectivity index (χ1v) is 7.72. The average Bonchev–Trinajstić information content (AvgIpc) is 2.74. The Balaban J connectivity index is 1.79. The number of rotatable bonds is 0. The molecule has 3 heterocycles. The lowest BCUT2D eigenvalue weighted by molar-refractivity contribution is -0.132. The monoisotopic (exact) mass is 268 g/mol. The minimum absolute atomic E-state index is 0.208. The lowest BCUT2D eigenvalue weighted by Crippen LogP contribution is -2.54. The van der Waals surface area contributed by atoms with Crippen molar-refractivity contribution in [1.82, 2.24) is 9.80 Å². The fourth-order valence-corrected chi connectivity index (χ4v) is 3.85.